The molecule has 0 unspecified atom stereocenters. The number of hydrogen-bond donors (Lipinski definition) is 3. The van der Waals surface area contributed by atoms with Gasteiger partial charge in [0.1, 0.15) is 23.1 Å². The topological polar surface area (TPSA) is 134 Å². The SMILES string of the molecule is CCCCN1C(=O)[C@H](CC2CCCCC2)NC(=O)C12CCN(Cc1ccc(Oc3ccc(NS(N)(=O)=O)cc3)cc1)CC2. The van der Waals surface area contributed by atoms with Gasteiger partial charge >= 0.3 is 0 Å². The van der Waals surface area contributed by atoms with Gasteiger partial charge in [0.25, 0.3) is 10.2 Å². The van der Waals surface area contributed by atoms with Gasteiger partial charge in [-0.3, -0.25) is 19.2 Å². The van der Waals surface area contributed by atoms with Crippen molar-refractivity contribution in [2.45, 2.75) is 89.3 Å². The van der Waals surface area contributed by atoms with E-state index in [9.17, 15) is 18.0 Å². The molecular weight excluding hydrogens is 566 g/mol. The fraction of sp³-hybridized carbons (Fsp3) is 0.562. The molecule has 2 saturated heterocycles. The van der Waals surface area contributed by atoms with Crippen molar-refractivity contribution in [2.75, 3.05) is 24.4 Å². The van der Waals surface area contributed by atoms with Gasteiger partial charge in [0.2, 0.25) is 11.8 Å². The Balaban J connectivity index is 1.17. The average Bonchev–Trinajstić information content (AvgIpc) is 2.99. The van der Waals surface area contributed by atoms with Gasteiger partial charge < -0.3 is 15.0 Å². The molecule has 1 atom stereocenters. The third-order valence-corrected chi connectivity index (χ3v) is 9.72. The molecule has 0 bridgehead atoms. The van der Waals surface area contributed by atoms with Crippen LogP contribution in [0.15, 0.2) is 48.5 Å². The van der Waals surface area contributed by atoms with Gasteiger partial charge in [-0.15, -0.1) is 0 Å². The highest BCUT2D eigenvalue weighted by molar-refractivity contribution is 7.90. The number of piperidine rings is 1. The number of ether oxygens (including phenoxy) is 1. The van der Waals surface area contributed by atoms with Crippen molar-refractivity contribution < 1.29 is 22.7 Å². The minimum atomic E-state index is -3.83. The third-order valence-electron chi connectivity index (χ3n) is 9.20. The lowest BCUT2D eigenvalue weighted by molar-refractivity contribution is -0.162. The first-order valence-electron chi connectivity index (χ1n) is 15.7. The van der Waals surface area contributed by atoms with E-state index >= 15 is 0 Å². The van der Waals surface area contributed by atoms with Crippen LogP contribution in [-0.2, 0) is 26.3 Å². The molecular formula is C32H45N5O5S. The molecule has 11 heteroatoms. The molecule has 2 heterocycles. The smallest absolute Gasteiger partial charge is 0.296 e. The molecule has 5 rings (SSSR count). The van der Waals surface area contributed by atoms with E-state index in [1.165, 1.54) is 19.3 Å². The molecule has 4 N–H and O–H groups in total. The van der Waals surface area contributed by atoms with E-state index in [2.05, 4.69) is 21.9 Å². The normalized spacial score (nSPS) is 21.5. The lowest BCUT2D eigenvalue weighted by Crippen LogP contribution is -2.73. The molecule has 0 radical (unpaired) electrons. The summed E-state index contributed by atoms with van der Waals surface area (Å²) in [5, 5.41) is 8.19. The maximum absolute atomic E-state index is 13.8. The van der Waals surface area contributed by atoms with E-state index in [-0.39, 0.29) is 17.9 Å². The minimum Gasteiger partial charge on any atom is -0.457 e. The van der Waals surface area contributed by atoms with Crippen molar-refractivity contribution in [1.82, 2.24) is 15.1 Å². The summed E-state index contributed by atoms with van der Waals surface area (Å²) >= 11 is 0. The first-order chi connectivity index (χ1) is 20.6. The van der Waals surface area contributed by atoms with Crippen molar-refractivity contribution >= 4 is 27.7 Å². The summed E-state index contributed by atoms with van der Waals surface area (Å²) in [6, 6.07) is 14.0. The Hall–Kier alpha value is -3.15. The average molecular weight is 612 g/mol. The van der Waals surface area contributed by atoms with Gasteiger partial charge in [-0.05, 0) is 73.6 Å². The summed E-state index contributed by atoms with van der Waals surface area (Å²) in [4.78, 5) is 31.8. The lowest BCUT2D eigenvalue weighted by Gasteiger charge is -2.52. The molecule has 0 aromatic heterocycles. The fourth-order valence-electron chi connectivity index (χ4n) is 6.82. The summed E-state index contributed by atoms with van der Waals surface area (Å²) in [5.41, 5.74) is 0.745. The number of piperazine rings is 1. The molecule has 2 aromatic carbocycles. The monoisotopic (exact) mass is 611 g/mol. The number of amides is 2. The van der Waals surface area contributed by atoms with E-state index in [4.69, 9.17) is 9.88 Å². The Bertz CT molecular complexity index is 1350. The van der Waals surface area contributed by atoms with E-state index in [0.717, 1.165) is 57.3 Å². The summed E-state index contributed by atoms with van der Waals surface area (Å²) in [7, 11) is -3.83. The maximum atomic E-state index is 13.8. The molecule has 3 aliphatic rings. The number of likely N-dealkylation sites (tertiary alicyclic amines) is 1. The number of unbranched alkanes of at least 4 members (excludes halogenated alkanes) is 1. The first-order valence-corrected chi connectivity index (χ1v) is 17.2. The number of hydrogen-bond acceptors (Lipinski definition) is 6. The van der Waals surface area contributed by atoms with Crippen LogP contribution in [0.5, 0.6) is 11.5 Å². The molecule has 234 valence electrons. The first kappa shape index (κ1) is 31.3. The minimum absolute atomic E-state index is 0.0404. The Morgan fingerprint density at radius 2 is 1.60 bits per heavy atom. The number of nitrogens with two attached hydrogens (primary N) is 1. The fourth-order valence-corrected chi connectivity index (χ4v) is 7.29. The highest BCUT2D eigenvalue weighted by Gasteiger charge is 2.53. The maximum Gasteiger partial charge on any atom is 0.296 e. The zero-order valence-corrected chi connectivity index (χ0v) is 25.9. The molecule has 43 heavy (non-hydrogen) atoms. The van der Waals surface area contributed by atoms with Crippen LogP contribution in [0.4, 0.5) is 5.69 Å². The van der Waals surface area contributed by atoms with Gasteiger partial charge in [0.15, 0.2) is 0 Å². The van der Waals surface area contributed by atoms with Crippen LogP contribution >= 0.6 is 0 Å². The van der Waals surface area contributed by atoms with Crippen LogP contribution in [0.25, 0.3) is 0 Å². The summed E-state index contributed by atoms with van der Waals surface area (Å²) in [6.07, 6.45) is 10.0. The zero-order valence-electron chi connectivity index (χ0n) is 25.1. The van der Waals surface area contributed by atoms with Crippen LogP contribution in [0.2, 0.25) is 0 Å². The number of nitrogens with zero attached hydrogens (tertiary/aromatic N) is 2. The van der Waals surface area contributed by atoms with Crippen LogP contribution in [0.1, 0.15) is 76.7 Å². The van der Waals surface area contributed by atoms with Crippen LogP contribution in [0.3, 0.4) is 0 Å². The molecule has 1 saturated carbocycles. The summed E-state index contributed by atoms with van der Waals surface area (Å²) in [6.45, 7) is 5.02. The van der Waals surface area contributed by atoms with E-state index in [0.29, 0.717) is 42.5 Å². The Labute approximate surface area is 255 Å². The van der Waals surface area contributed by atoms with E-state index in [1.54, 1.807) is 24.3 Å². The number of benzene rings is 2. The van der Waals surface area contributed by atoms with Gasteiger partial charge in [-0.25, -0.2) is 5.14 Å². The number of rotatable bonds is 11. The predicted octanol–water partition coefficient (Wildman–Crippen LogP) is 4.53. The number of carbonyl (C=O) groups is 2. The van der Waals surface area contributed by atoms with Crippen molar-refractivity contribution in [3.63, 3.8) is 0 Å². The molecule has 2 aliphatic heterocycles. The third kappa shape index (κ3) is 7.87. The largest absolute Gasteiger partial charge is 0.457 e. The molecule has 1 aliphatic carbocycles. The Kier molecular flexibility index (Phi) is 9.93. The standard InChI is InChI=1S/C32H45N5O5S/c1-2-3-19-37-30(38)29(22-24-7-5-4-6-8-24)34-31(39)32(37)17-20-36(21-18-32)23-25-9-13-27(14-10-25)42-28-15-11-26(12-16-28)35-43(33,40)41/h9-16,24,29,35H,2-8,17-23H2,1H3,(H,34,39)(H2,33,40,41)/t29-/m0/s1. The highest BCUT2D eigenvalue weighted by atomic mass is 32.2. The van der Waals surface area contributed by atoms with Crippen LogP contribution in [-0.4, -0.2) is 61.2 Å². The van der Waals surface area contributed by atoms with Gasteiger partial charge in [-0.2, -0.15) is 8.42 Å². The van der Waals surface area contributed by atoms with Gasteiger partial charge in [-0.1, -0.05) is 57.6 Å². The Morgan fingerprint density at radius 1 is 0.977 bits per heavy atom. The number of carbonyl (C=O) groups excluding carboxylic acids is 2. The molecule has 2 aromatic rings. The molecule has 10 nitrogen and oxygen atoms in total. The second-order valence-electron chi connectivity index (χ2n) is 12.3. The van der Waals surface area contributed by atoms with Crippen molar-refractivity contribution in [3.8, 4) is 11.5 Å². The molecule has 1 spiro atoms. The van der Waals surface area contributed by atoms with Gasteiger partial charge in [0.05, 0.1) is 0 Å². The van der Waals surface area contributed by atoms with Crippen molar-refractivity contribution in [1.29, 1.82) is 0 Å². The Morgan fingerprint density at radius 3 is 2.21 bits per heavy atom. The second-order valence-corrected chi connectivity index (χ2v) is 13.6. The second kappa shape index (κ2) is 13.7. The van der Waals surface area contributed by atoms with Crippen LogP contribution in [0, 0.1) is 5.92 Å². The van der Waals surface area contributed by atoms with Gasteiger partial charge in [0, 0.05) is 31.9 Å². The number of anilines is 1. The molecule has 3 fully saturated rings. The van der Waals surface area contributed by atoms with E-state index in [1.807, 2.05) is 29.2 Å². The predicted molar refractivity (Wildman–Crippen MR) is 167 cm³/mol. The highest BCUT2D eigenvalue weighted by Crippen LogP contribution is 2.36. The summed E-state index contributed by atoms with van der Waals surface area (Å²) in [5.74, 6) is 1.93. The van der Waals surface area contributed by atoms with Crippen molar-refractivity contribution in [2.24, 2.45) is 11.1 Å². The lowest BCUT2D eigenvalue weighted by atomic mass is 9.79. The number of nitrogens with one attached hydrogen (secondary N) is 2. The quantitative estimate of drug-likeness (QED) is 0.342. The van der Waals surface area contributed by atoms with E-state index < -0.39 is 15.7 Å². The molecule has 2 amide bonds. The van der Waals surface area contributed by atoms with Crippen molar-refractivity contribution in [3.05, 3.63) is 54.1 Å². The van der Waals surface area contributed by atoms with Crippen LogP contribution < -0.4 is 19.9 Å². The zero-order chi connectivity index (χ0) is 30.5. The summed E-state index contributed by atoms with van der Waals surface area (Å²) < 4.78 is 30.5.